The molecule has 0 heterocycles. The van der Waals surface area contributed by atoms with E-state index in [9.17, 15) is 4.39 Å². The van der Waals surface area contributed by atoms with Gasteiger partial charge < -0.3 is 5.32 Å². The summed E-state index contributed by atoms with van der Waals surface area (Å²) in [6.45, 7) is 0.822. The van der Waals surface area contributed by atoms with Crippen molar-refractivity contribution >= 4 is 0 Å². The Labute approximate surface area is 114 Å². The molecule has 102 valence electrons. The van der Waals surface area contributed by atoms with Crippen molar-refractivity contribution < 1.29 is 4.39 Å². The number of benzene rings is 1. The molecular weight excluding hydrogens is 237 g/mol. The van der Waals surface area contributed by atoms with Crippen LogP contribution >= 0.6 is 0 Å². The van der Waals surface area contributed by atoms with Gasteiger partial charge in [0.05, 0.1) is 0 Å². The second-order valence-electron chi connectivity index (χ2n) is 6.77. The molecule has 19 heavy (non-hydrogen) atoms. The van der Waals surface area contributed by atoms with Gasteiger partial charge in [-0.1, -0.05) is 18.6 Å². The maximum atomic E-state index is 13.2. The van der Waals surface area contributed by atoms with Gasteiger partial charge in [-0.3, -0.25) is 0 Å². The molecule has 5 atom stereocenters. The monoisotopic (exact) mass is 259 g/mol. The van der Waals surface area contributed by atoms with Gasteiger partial charge in [0.1, 0.15) is 5.82 Å². The van der Waals surface area contributed by atoms with Crippen LogP contribution in [0.4, 0.5) is 4.39 Å². The Bertz CT molecular complexity index is 472. The first-order chi connectivity index (χ1) is 9.31. The highest BCUT2D eigenvalue weighted by Crippen LogP contribution is 2.58. The first-order valence-electron chi connectivity index (χ1n) is 7.79. The molecule has 0 spiro atoms. The lowest BCUT2D eigenvalue weighted by atomic mass is 9.79. The summed E-state index contributed by atoms with van der Waals surface area (Å²) >= 11 is 0. The Morgan fingerprint density at radius 2 is 2.00 bits per heavy atom. The van der Waals surface area contributed by atoms with Crippen LogP contribution in [0.1, 0.15) is 37.7 Å². The zero-order valence-corrected chi connectivity index (χ0v) is 11.3. The van der Waals surface area contributed by atoms with Crippen molar-refractivity contribution in [2.45, 2.75) is 44.7 Å². The summed E-state index contributed by atoms with van der Waals surface area (Å²) in [5, 5.41) is 3.70. The third-order valence-electron chi connectivity index (χ3n) is 5.89. The van der Waals surface area contributed by atoms with Crippen LogP contribution in [-0.2, 0) is 6.54 Å². The summed E-state index contributed by atoms with van der Waals surface area (Å²) < 4.78 is 13.2. The van der Waals surface area contributed by atoms with Crippen molar-refractivity contribution in [3.8, 4) is 0 Å². The van der Waals surface area contributed by atoms with Crippen LogP contribution in [0.15, 0.2) is 24.3 Å². The van der Waals surface area contributed by atoms with E-state index < -0.39 is 0 Å². The molecular formula is C17H22FN. The molecule has 1 N–H and O–H groups in total. The third-order valence-corrected chi connectivity index (χ3v) is 5.89. The van der Waals surface area contributed by atoms with E-state index in [2.05, 4.69) is 5.32 Å². The highest BCUT2D eigenvalue weighted by Gasteiger charge is 2.53. The van der Waals surface area contributed by atoms with Gasteiger partial charge in [0.25, 0.3) is 0 Å². The molecule has 3 saturated carbocycles. The molecule has 3 fully saturated rings. The Morgan fingerprint density at radius 3 is 2.89 bits per heavy atom. The highest BCUT2D eigenvalue weighted by atomic mass is 19.1. The number of hydrogen-bond acceptors (Lipinski definition) is 1. The van der Waals surface area contributed by atoms with Gasteiger partial charge >= 0.3 is 0 Å². The SMILES string of the molecule is Fc1cccc(CN[C@@H]2CC3CC2[C@H]2CCC[C@@H]32)c1. The minimum atomic E-state index is -0.122. The summed E-state index contributed by atoms with van der Waals surface area (Å²) in [5.41, 5.74) is 1.07. The zero-order chi connectivity index (χ0) is 12.8. The molecule has 0 aliphatic heterocycles. The van der Waals surface area contributed by atoms with Gasteiger partial charge in [0.2, 0.25) is 0 Å². The molecule has 1 aromatic rings. The minimum absolute atomic E-state index is 0.122. The van der Waals surface area contributed by atoms with Gasteiger partial charge in [-0.15, -0.1) is 0 Å². The number of hydrogen-bond donors (Lipinski definition) is 1. The van der Waals surface area contributed by atoms with Crippen LogP contribution in [-0.4, -0.2) is 6.04 Å². The molecule has 1 aromatic carbocycles. The predicted octanol–water partition coefficient (Wildman–Crippen LogP) is 3.74. The zero-order valence-electron chi connectivity index (χ0n) is 11.3. The van der Waals surface area contributed by atoms with Gasteiger partial charge in [0.15, 0.2) is 0 Å². The molecule has 0 radical (unpaired) electrons. The minimum Gasteiger partial charge on any atom is -0.310 e. The maximum absolute atomic E-state index is 13.2. The lowest BCUT2D eigenvalue weighted by molar-refractivity contribution is 0.208. The summed E-state index contributed by atoms with van der Waals surface area (Å²) in [5.74, 6) is 3.83. The van der Waals surface area contributed by atoms with Crippen LogP contribution < -0.4 is 5.32 Å². The maximum Gasteiger partial charge on any atom is 0.123 e. The van der Waals surface area contributed by atoms with Crippen LogP contribution in [0.25, 0.3) is 0 Å². The number of halogens is 1. The number of rotatable bonds is 3. The number of fused-ring (bicyclic) bond motifs is 5. The fourth-order valence-electron chi connectivity index (χ4n) is 5.20. The third kappa shape index (κ3) is 2.01. The van der Waals surface area contributed by atoms with Crippen molar-refractivity contribution in [2.24, 2.45) is 23.7 Å². The molecule has 2 bridgehead atoms. The summed E-state index contributed by atoms with van der Waals surface area (Å²) in [4.78, 5) is 0. The van der Waals surface area contributed by atoms with E-state index >= 15 is 0 Å². The molecule has 3 aliphatic carbocycles. The first-order valence-corrected chi connectivity index (χ1v) is 7.79. The standard InChI is InChI=1S/C17H22FN/c18-13-4-1-3-11(7-13)10-19-17-9-12-8-16(17)15-6-2-5-14(12)15/h1,3-4,7,12,14-17,19H,2,5-6,8-10H2/t12?,14-,15-,16?,17+/m0/s1. The highest BCUT2D eigenvalue weighted by molar-refractivity contribution is 5.16. The smallest absolute Gasteiger partial charge is 0.123 e. The van der Waals surface area contributed by atoms with E-state index in [1.807, 2.05) is 6.07 Å². The normalized spacial score (nSPS) is 39.7. The Kier molecular flexibility index (Phi) is 2.87. The molecule has 0 aromatic heterocycles. The van der Waals surface area contributed by atoms with Crippen LogP contribution in [0.2, 0.25) is 0 Å². The largest absolute Gasteiger partial charge is 0.310 e. The second kappa shape index (κ2) is 4.59. The Morgan fingerprint density at radius 1 is 1.11 bits per heavy atom. The molecule has 3 aliphatic rings. The topological polar surface area (TPSA) is 12.0 Å². The van der Waals surface area contributed by atoms with E-state index in [0.717, 1.165) is 35.8 Å². The van der Waals surface area contributed by atoms with Gasteiger partial charge in [-0.25, -0.2) is 4.39 Å². The molecule has 4 rings (SSSR count). The lowest BCUT2D eigenvalue weighted by Gasteiger charge is -2.32. The molecule has 0 amide bonds. The molecule has 1 nitrogen and oxygen atoms in total. The van der Waals surface area contributed by atoms with Gasteiger partial charge in [0, 0.05) is 12.6 Å². The average Bonchev–Trinajstić information content (AvgIpc) is 3.08. The van der Waals surface area contributed by atoms with E-state index in [1.54, 1.807) is 12.1 Å². The second-order valence-corrected chi connectivity index (χ2v) is 6.77. The van der Waals surface area contributed by atoms with E-state index in [1.165, 1.54) is 38.2 Å². The van der Waals surface area contributed by atoms with E-state index in [4.69, 9.17) is 0 Å². The molecule has 2 unspecified atom stereocenters. The van der Waals surface area contributed by atoms with Crippen molar-refractivity contribution in [3.05, 3.63) is 35.6 Å². The van der Waals surface area contributed by atoms with Crippen molar-refractivity contribution in [1.29, 1.82) is 0 Å². The van der Waals surface area contributed by atoms with Crippen molar-refractivity contribution in [3.63, 3.8) is 0 Å². The number of nitrogens with one attached hydrogen (secondary N) is 1. The van der Waals surface area contributed by atoms with Crippen molar-refractivity contribution in [1.82, 2.24) is 5.32 Å². The van der Waals surface area contributed by atoms with Gasteiger partial charge in [-0.05, 0) is 67.1 Å². The van der Waals surface area contributed by atoms with E-state index in [-0.39, 0.29) is 5.82 Å². The Balaban J connectivity index is 1.40. The summed E-state index contributed by atoms with van der Waals surface area (Å²) in [6, 6.07) is 7.68. The quantitative estimate of drug-likeness (QED) is 0.872. The van der Waals surface area contributed by atoms with Crippen LogP contribution in [0.5, 0.6) is 0 Å². The molecule has 2 heteroatoms. The predicted molar refractivity (Wildman–Crippen MR) is 74.1 cm³/mol. The summed E-state index contributed by atoms with van der Waals surface area (Å²) in [7, 11) is 0. The van der Waals surface area contributed by atoms with Crippen LogP contribution in [0.3, 0.4) is 0 Å². The fourth-order valence-corrected chi connectivity index (χ4v) is 5.20. The first kappa shape index (κ1) is 11.9. The average molecular weight is 259 g/mol. The lowest BCUT2D eigenvalue weighted by Crippen LogP contribution is -2.38. The fraction of sp³-hybridized carbons (Fsp3) is 0.647. The van der Waals surface area contributed by atoms with Crippen LogP contribution in [0, 0.1) is 29.5 Å². The Hall–Kier alpha value is -0.890. The van der Waals surface area contributed by atoms with E-state index in [0.29, 0.717) is 6.04 Å². The van der Waals surface area contributed by atoms with Gasteiger partial charge in [-0.2, -0.15) is 0 Å². The molecule has 0 saturated heterocycles. The summed E-state index contributed by atoms with van der Waals surface area (Å²) in [6.07, 6.45) is 7.22. The van der Waals surface area contributed by atoms with Crippen molar-refractivity contribution in [2.75, 3.05) is 0 Å².